The van der Waals surface area contributed by atoms with Gasteiger partial charge in [0.1, 0.15) is 6.17 Å². The Morgan fingerprint density at radius 2 is 1.56 bits per heavy atom. The average molecular weight is 377 g/mol. The Morgan fingerprint density at radius 1 is 0.926 bits per heavy atom. The molecule has 0 aliphatic carbocycles. The third-order valence-corrected chi connectivity index (χ3v) is 5.28. The standard InChI is InChI=1S/C23H21ClN2O/c1-14-12-15(2)21(16(3)13-14)25-22-19-6-4-5-7-20(19)23(27)26(22)18-10-8-17(24)9-11-18/h4-13,22,25H,1-3H3. The van der Waals surface area contributed by atoms with E-state index in [1.165, 1.54) is 16.7 Å². The molecule has 4 heteroatoms. The van der Waals surface area contributed by atoms with E-state index in [0.29, 0.717) is 5.02 Å². The van der Waals surface area contributed by atoms with Gasteiger partial charge in [0.05, 0.1) is 0 Å². The monoisotopic (exact) mass is 376 g/mol. The molecule has 0 bridgehead atoms. The highest BCUT2D eigenvalue weighted by molar-refractivity contribution is 6.30. The van der Waals surface area contributed by atoms with Crippen LogP contribution < -0.4 is 10.2 Å². The van der Waals surface area contributed by atoms with E-state index in [1.807, 2.05) is 48.5 Å². The van der Waals surface area contributed by atoms with Gasteiger partial charge in [-0.2, -0.15) is 0 Å². The van der Waals surface area contributed by atoms with Crippen molar-refractivity contribution in [1.29, 1.82) is 0 Å². The number of halogens is 1. The Labute approximate surface area is 164 Å². The quantitative estimate of drug-likeness (QED) is 0.604. The second-order valence-corrected chi connectivity index (χ2v) is 7.50. The lowest BCUT2D eigenvalue weighted by molar-refractivity contribution is 0.0993. The number of carbonyl (C=O) groups excluding carboxylic acids is 1. The molecule has 0 radical (unpaired) electrons. The molecule has 1 atom stereocenters. The lowest BCUT2D eigenvalue weighted by atomic mass is 10.0. The summed E-state index contributed by atoms with van der Waals surface area (Å²) in [5.74, 6) is -0.00663. The van der Waals surface area contributed by atoms with Crippen molar-refractivity contribution in [2.24, 2.45) is 0 Å². The molecular formula is C23H21ClN2O. The number of rotatable bonds is 3. The van der Waals surface area contributed by atoms with Crippen LogP contribution in [0.4, 0.5) is 11.4 Å². The fourth-order valence-corrected chi connectivity index (χ4v) is 4.00. The Morgan fingerprint density at radius 3 is 2.22 bits per heavy atom. The fourth-order valence-electron chi connectivity index (χ4n) is 3.87. The van der Waals surface area contributed by atoms with Gasteiger partial charge in [0, 0.05) is 27.5 Å². The minimum absolute atomic E-state index is 0.00663. The summed E-state index contributed by atoms with van der Waals surface area (Å²) in [4.78, 5) is 15.0. The summed E-state index contributed by atoms with van der Waals surface area (Å²) in [5, 5.41) is 4.28. The van der Waals surface area contributed by atoms with Crippen LogP contribution >= 0.6 is 11.6 Å². The van der Waals surface area contributed by atoms with Crippen LogP contribution in [0.2, 0.25) is 5.02 Å². The zero-order valence-corrected chi connectivity index (χ0v) is 16.3. The molecule has 0 fully saturated rings. The fraction of sp³-hybridized carbons (Fsp3) is 0.174. The van der Waals surface area contributed by atoms with Crippen LogP contribution in [0.15, 0.2) is 60.7 Å². The lowest BCUT2D eigenvalue weighted by Crippen LogP contribution is -2.32. The molecule has 0 aromatic heterocycles. The van der Waals surface area contributed by atoms with E-state index in [9.17, 15) is 4.79 Å². The smallest absolute Gasteiger partial charge is 0.260 e. The number of fused-ring (bicyclic) bond motifs is 1. The first-order chi connectivity index (χ1) is 13.0. The van der Waals surface area contributed by atoms with Gasteiger partial charge in [-0.3, -0.25) is 9.69 Å². The molecule has 3 nitrogen and oxygen atoms in total. The predicted octanol–water partition coefficient (Wildman–Crippen LogP) is 6.04. The number of aryl methyl sites for hydroxylation is 3. The highest BCUT2D eigenvalue weighted by Gasteiger charge is 2.37. The molecule has 136 valence electrons. The van der Waals surface area contributed by atoms with E-state index in [2.05, 4.69) is 38.2 Å². The minimum atomic E-state index is -0.269. The molecule has 1 aliphatic heterocycles. The molecule has 4 rings (SSSR count). The summed E-state index contributed by atoms with van der Waals surface area (Å²) in [6.07, 6.45) is -0.269. The van der Waals surface area contributed by atoms with Gasteiger partial charge in [-0.15, -0.1) is 0 Å². The van der Waals surface area contributed by atoms with Gasteiger partial charge >= 0.3 is 0 Å². The largest absolute Gasteiger partial charge is 0.361 e. The van der Waals surface area contributed by atoms with Crippen LogP contribution in [0.5, 0.6) is 0 Å². The summed E-state index contributed by atoms with van der Waals surface area (Å²) in [6.45, 7) is 6.29. The van der Waals surface area contributed by atoms with Gasteiger partial charge in [0.2, 0.25) is 0 Å². The molecule has 1 heterocycles. The van der Waals surface area contributed by atoms with Crippen molar-refractivity contribution < 1.29 is 4.79 Å². The van der Waals surface area contributed by atoms with E-state index in [-0.39, 0.29) is 12.1 Å². The zero-order chi connectivity index (χ0) is 19.1. The van der Waals surface area contributed by atoms with E-state index >= 15 is 0 Å². The molecule has 0 spiro atoms. The van der Waals surface area contributed by atoms with E-state index in [1.54, 1.807) is 4.90 Å². The number of hydrogen-bond acceptors (Lipinski definition) is 2. The second-order valence-electron chi connectivity index (χ2n) is 7.06. The summed E-state index contributed by atoms with van der Waals surface area (Å²) in [5.41, 5.74) is 7.16. The topological polar surface area (TPSA) is 32.3 Å². The number of carbonyl (C=O) groups is 1. The van der Waals surface area contributed by atoms with Gasteiger partial charge in [-0.05, 0) is 62.2 Å². The highest BCUT2D eigenvalue weighted by Crippen LogP contribution is 2.39. The first-order valence-corrected chi connectivity index (χ1v) is 9.36. The van der Waals surface area contributed by atoms with Crippen molar-refractivity contribution in [2.45, 2.75) is 26.9 Å². The van der Waals surface area contributed by atoms with Crippen LogP contribution in [-0.2, 0) is 0 Å². The zero-order valence-electron chi connectivity index (χ0n) is 15.6. The Kier molecular flexibility index (Phi) is 4.40. The van der Waals surface area contributed by atoms with E-state index in [0.717, 1.165) is 22.5 Å². The molecule has 3 aromatic rings. The Balaban J connectivity index is 1.82. The SMILES string of the molecule is Cc1cc(C)c(NC2c3ccccc3C(=O)N2c2ccc(Cl)cc2)c(C)c1. The highest BCUT2D eigenvalue weighted by atomic mass is 35.5. The Hall–Kier alpha value is -2.78. The van der Waals surface area contributed by atoms with Crippen molar-refractivity contribution in [1.82, 2.24) is 0 Å². The number of nitrogens with one attached hydrogen (secondary N) is 1. The molecule has 1 unspecified atom stereocenters. The van der Waals surface area contributed by atoms with Crippen molar-refractivity contribution in [3.8, 4) is 0 Å². The number of hydrogen-bond donors (Lipinski definition) is 1. The number of amides is 1. The maximum Gasteiger partial charge on any atom is 0.260 e. The van der Waals surface area contributed by atoms with Gasteiger partial charge < -0.3 is 5.32 Å². The number of benzene rings is 3. The number of nitrogens with zero attached hydrogens (tertiary/aromatic N) is 1. The maximum atomic E-state index is 13.2. The summed E-state index contributed by atoms with van der Waals surface area (Å²) in [7, 11) is 0. The molecular weight excluding hydrogens is 356 g/mol. The molecule has 27 heavy (non-hydrogen) atoms. The molecule has 1 N–H and O–H groups in total. The first kappa shape index (κ1) is 17.6. The summed E-state index contributed by atoms with van der Waals surface area (Å²) >= 11 is 6.05. The van der Waals surface area contributed by atoms with Crippen molar-refractivity contribution >= 4 is 28.9 Å². The van der Waals surface area contributed by atoms with E-state index < -0.39 is 0 Å². The normalized spacial score (nSPS) is 15.8. The van der Waals surface area contributed by atoms with Crippen LogP contribution in [0.1, 0.15) is 38.8 Å². The number of anilines is 2. The predicted molar refractivity (Wildman–Crippen MR) is 112 cm³/mol. The van der Waals surface area contributed by atoms with Crippen molar-refractivity contribution in [2.75, 3.05) is 10.2 Å². The molecule has 0 saturated carbocycles. The maximum absolute atomic E-state index is 13.2. The van der Waals surface area contributed by atoms with Gasteiger partial charge in [-0.25, -0.2) is 0 Å². The van der Waals surface area contributed by atoms with Gasteiger partial charge in [0.25, 0.3) is 5.91 Å². The van der Waals surface area contributed by atoms with Crippen LogP contribution in [0, 0.1) is 20.8 Å². The summed E-state index contributed by atoms with van der Waals surface area (Å²) < 4.78 is 0. The average Bonchev–Trinajstić information content (AvgIpc) is 2.91. The Bertz CT molecular complexity index is 1000. The second kappa shape index (κ2) is 6.75. The lowest BCUT2D eigenvalue weighted by Gasteiger charge is -2.29. The van der Waals surface area contributed by atoms with Gasteiger partial charge in [-0.1, -0.05) is 47.5 Å². The van der Waals surface area contributed by atoms with Gasteiger partial charge in [0.15, 0.2) is 0 Å². The van der Waals surface area contributed by atoms with Crippen molar-refractivity contribution in [3.63, 3.8) is 0 Å². The van der Waals surface area contributed by atoms with Crippen LogP contribution in [0.25, 0.3) is 0 Å². The molecule has 1 aliphatic rings. The van der Waals surface area contributed by atoms with E-state index in [4.69, 9.17) is 11.6 Å². The molecule has 3 aromatic carbocycles. The third kappa shape index (κ3) is 3.08. The molecule has 0 saturated heterocycles. The van der Waals surface area contributed by atoms with Crippen LogP contribution in [0.3, 0.4) is 0 Å². The minimum Gasteiger partial charge on any atom is -0.361 e. The summed E-state index contributed by atoms with van der Waals surface area (Å²) in [6, 6.07) is 19.5. The molecule has 1 amide bonds. The first-order valence-electron chi connectivity index (χ1n) is 8.98. The van der Waals surface area contributed by atoms with Crippen LogP contribution in [-0.4, -0.2) is 5.91 Å². The van der Waals surface area contributed by atoms with Crippen molar-refractivity contribution in [3.05, 3.63) is 93.5 Å². The third-order valence-electron chi connectivity index (χ3n) is 5.03.